The molecular weight excluding hydrogens is 180 g/mol. The second-order valence-corrected chi connectivity index (χ2v) is 4.74. The van der Waals surface area contributed by atoms with Gasteiger partial charge in [-0.3, -0.25) is 0 Å². The van der Waals surface area contributed by atoms with Crippen molar-refractivity contribution in [3.05, 3.63) is 0 Å². The first kappa shape index (κ1) is 9.91. The summed E-state index contributed by atoms with van der Waals surface area (Å²) in [5.74, 6) is 0. The molecule has 2 N–H and O–H groups in total. The Labute approximate surface area is 72.6 Å². The SMILES string of the molecule is CNS(=O)(=O)N1CCCC(O)C1. The van der Waals surface area contributed by atoms with E-state index < -0.39 is 16.3 Å². The zero-order valence-electron chi connectivity index (χ0n) is 7.02. The molecule has 1 rings (SSSR count). The van der Waals surface area contributed by atoms with Crippen molar-refractivity contribution in [2.24, 2.45) is 0 Å². The molecule has 1 aliphatic heterocycles. The van der Waals surface area contributed by atoms with Gasteiger partial charge in [0.05, 0.1) is 6.10 Å². The summed E-state index contributed by atoms with van der Waals surface area (Å²) in [6.45, 7) is 0.712. The van der Waals surface area contributed by atoms with E-state index in [-0.39, 0.29) is 6.54 Å². The van der Waals surface area contributed by atoms with Gasteiger partial charge in [-0.1, -0.05) is 0 Å². The highest BCUT2D eigenvalue weighted by Gasteiger charge is 2.26. The Kier molecular flexibility index (Phi) is 3.05. The van der Waals surface area contributed by atoms with Gasteiger partial charge in [-0.2, -0.15) is 12.7 Å². The van der Waals surface area contributed by atoms with Crippen molar-refractivity contribution in [1.29, 1.82) is 0 Å². The second kappa shape index (κ2) is 3.69. The van der Waals surface area contributed by atoms with Crippen LogP contribution < -0.4 is 4.72 Å². The number of piperidine rings is 1. The number of β-amino-alcohol motifs (C(OH)–C–C–N with tert-alkyl or cyclic N) is 1. The summed E-state index contributed by atoms with van der Waals surface area (Å²) < 4.78 is 25.9. The van der Waals surface area contributed by atoms with E-state index in [1.807, 2.05) is 0 Å². The summed E-state index contributed by atoms with van der Waals surface area (Å²) in [6.07, 6.45) is 0.902. The van der Waals surface area contributed by atoms with E-state index in [9.17, 15) is 13.5 Å². The van der Waals surface area contributed by atoms with Crippen LogP contribution in [-0.2, 0) is 10.2 Å². The molecule has 0 aromatic heterocycles. The molecule has 1 saturated heterocycles. The summed E-state index contributed by atoms with van der Waals surface area (Å²) in [4.78, 5) is 0. The van der Waals surface area contributed by atoms with Crippen molar-refractivity contribution >= 4 is 10.2 Å². The van der Waals surface area contributed by atoms with E-state index in [4.69, 9.17) is 0 Å². The second-order valence-electron chi connectivity index (χ2n) is 2.86. The quantitative estimate of drug-likeness (QED) is 0.586. The van der Waals surface area contributed by atoms with Crippen LogP contribution in [0.15, 0.2) is 0 Å². The lowest BCUT2D eigenvalue weighted by atomic mass is 10.1. The normalized spacial score (nSPS) is 27.3. The van der Waals surface area contributed by atoms with Crippen LogP contribution in [0.2, 0.25) is 0 Å². The first-order chi connectivity index (χ1) is 5.56. The number of nitrogens with one attached hydrogen (secondary N) is 1. The molecular formula is C6H14N2O3S. The summed E-state index contributed by atoms with van der Waals surface area (Å²) >= 11 is 0. The first-order valence-corrected chi connectivity index (χ1v) is 5.37. The molecule has 0 radical (unpaired) electrons. The fourth-order valence-corrected chi connectivity index (χ4v) is 2.26. The lowest BCUT2D eigenvalue weighted by Crippen LogP contribution is -2.46. The van der Waals surface area contributed by atoms with Gasteiger partial charge >= 0.3 is 0 Å². The minimum Gasteiger partial charge on any atom is -0.392 e. The van der Waals surface area contributed by atoms with Crippen LogP contribution in [0.3, 0.4) is 0 Å². The molecule has 6 heteroatoms. The van der Waals surface area contributed by atoms with Crippen LogP contribution >= 0.6 is 0 Å². The summed E-state index contributed by atoms with van der Waals surface area (Å²) in [5.41, 5.74) is 0. The number of nitrogens with zero attached hydrogens (tertiary/aromatic N) is 1. The molecule has 1 heterocycles. The van der Waals surface area contributed by atoms with Crippen molar-refractivity contribution in [2.75, 3.05) is 20.1 Å². The van der Waals surface area contributed by atoms with E-state index >= 15 is 0 Å². The average molecular weight is 194 g/mol. The van der Waals surface area contributed by atoms with Crippen LogP contribution in [0, 0.1) is 0 Å². The van der Waals surface area contributed by atoms with Crippen LogP contribution in [0.25, 0.3) is 0 Å². The van der Waals surface area contributed by atoms with Crippen LogP contribution in [0.1, 0.15) is 12.8 Å². The van der Waals surface area contributed by atoms with E-state index in [0.717, 1.165) is 6.42 Å². The van der Waals surface area contributed by atoms with Crippen LogP contribution in [0.5, 0.6) is 0 Å². The maximum absolute atomic E-state index is 11.2. The van der Waals surface area contributed by atoms with Gasteiger partial charge in [0, 0.05) is 20.1 Å². The molecule has 1 unspecified atom stereocenters. The first-order valence-electron chi connectivity index (χ1n) is 3.93. The molecule has 0 spiro atoms. The average Bonchev–Trinajstić information content (AvgIpc) is 2.05. The number of rotatable bonds is 2. The Morgan fingerprint density at radius 3 is 2.75 bits per heavy atom. The van der Waals surface area contributed by atoms with Crippen molar-refractivity contribution in [1.82, 2.24) is 9.03 Å². The molecule has 0 aliphatic carbocycles. The van der Waals surface area contributed by atoms with E-state index in [0.29, 0.717) is 13.0 Å². The van der Waals surface area contributed by atoms with Gasteiger partial charge in [0.25, 0.3) is 10.2 Å². The van der Waals surface area contributed by atoms with Gasteiger partial charge in [-0.15, -0.1) is 0 Å². The van der Waals surface area contributed by atoms with Gasteiger partial charge in [0.2, 0.25) is 0 Å². The minimum atomic E-state index is -3.33. The number of hydrogen-bond donors (Lipinski definition) is 2. The number of aliphatic hydroxyl groups excluding tert-OH is 1. The third kappa shape index (κ3) is 2.16. The van der Waals surface area contributed by atoms with Crippen molar-refractivity contribution in [3.8, 4) is 0 Å². The van der Waals surface area contributed by atoms with Gasteiger partial charge in [0.15, 0.2) is 0 Å². The van der Waals surface area contributed by atoms with Crippen LogP contribution in [0.4, 0.5) is 0 Å². The van der Waals surface area contributed by atoms with E-state index in [1.54, 1.807) is 0 Å². The molecule has 1 aliphatic rings. The largest absolute Gasteiger partial charge is 0.392 e. The zero-order chi connectivity index (χ0) is 9.19. The van der Waals surface area contributed by atoms with Gasteiger partial charge in [-0.05, 0) is 12.8 Å². The van der Waals surface area contributed by atoms with Gasteiger partial charge < -0.3 is 5.11 Å². The maximum atomic E-state index is 11.2. The molecule has 0 aromatic rings. The standard InChI is InChI=1S/C6H14N2O3S/c1-7-12(10,11)8-4-2-3-6(9)5-8/h6-7,9H,2-5H2,1H3. The third-order valence-electron chi connectivity index (χ3n) is 1.96. The molecule has 72 valence electrons. The van der Waals surface area contributed by atoms with Crippen molar-refractivity contribution in [3.63, 3.8) is 0 Å². The zero-order valence-corrected chi connectivity index (χ0v) is 7.84. The van der Waals surface area contributed by atoms with Crippen molar-refractivity contribution < 1.29 is 13.5 Å². The van der Waals surface area contributed by atoms with E-state index in [1.165, 1.54) is 11.4 Å². The molecule has 1 fully saturated rings. The smallest absolute Gasteiger partial charge is 0.279 e. The fraction of sp³-hybridized carbons (Fsp3) is 1.00. The van der Waals surface area contributed by atoms with Gasteiger partial charge in [-0.25, -0.2) is 4.72 Å². The molecule has 0 amide bonds. The highest BCUT2D eigenvalue weighted by Crippen LogP contribution is 2.11. The number of hydrogen-bond acceptors (Lipinski definition) is 3. The Morgan fingerprint density at radius 1 is 1.58 bits per heavy atom. The highest BCUT2D eigenvalue weighted by molar-refractivity contribution is 7.87. The Hall–Kier alpha value is -0.170. The predicted molar refractivity (Wildman–Crippen MR) is 44.8 cm³/mol. The fourth-order valence-electron chi connectivity index (χ4n) is 1.27. The predicted octanol–water partition coefficient (Wildman–Crippen LogP) is -1.09. The van der Waals surface area contributed by atoms with Gasteiger partial charge in [0.1, 0.15) is 0 Å². The summed E-state index contributed by atoms with van der Waals surface area (Å²) in [7, 11) is -1.96. The molecule has 0 aromatic carbocycles. The molecule has 0 bridgehead atoms. The Morgan fingerprint density at radius 2 is 2.25 bits per heavy atom. The topological polar surface area (TPSA) is 69.6 Å². The highest BCUT2D eigenvalue weighted by atomic mass is 32.2. The van der Waals surface area contributed by atoms with Crippen LogP contribution in [-0.4, -0.2) is 44.1 Å². The molecule has 12 heavy (non-hydrogen) atoms. The Bertz CT molecular complexity index is 239. The monoisotopic (exact) mass is 194 g/mol. The van der Waals surface area contributed by atoms with E-state index in [2.05, 4.69) is 4.72 Å². The third-order valence-corrected chi connectivity index (χ3v) is 3.48. The summed E-state index contributed by atoms with van der Waals surface area (Å²) in [6, 6.07) is 0. The molecule has 1 atom stereocenters. The lowest BCUT2D eigenvalue weighted by Gasteiger charge is -2.28. The summed E-state index contributed by atoms with van der Waals surface area (Å²) in [5, 5.41) is 9.20. The maximum Gasteiger partial charge on any atom is 0.279 e. The lowest BCUT2D eigenvalue weighted by molar-refractivity contribution is 0.107. The molecule has 5 nitrogen and oxygen atoms in total. The van der Waals surface area contributed by atoms with Crippen molar-refractivity contribution in [2.45, 2.75) is 18.9 Å². The number of aliphatic hydroxyl groups is 1. The minimum absolute atomic E-state index is 0.211. The Balaban J connectivity index is 2.63. The molecule has 0 saturated carbocycles.